The van der Waals surface area contributed by atoms with Crippen molar-refractivity contribution in [3.63, 3.8) is 0 Å². The smallest absolute Gasteiger partial charge is 0.353 e. The number of hydrogen-bond donors (Lipinski definition) is 1. The van der Waals surface area contributed by atoms with Crippen molar-refractivity contribution in [2.75, 3.05) is 13.7 Å². The Balaban J connectivity index is 1.47. The zero-order chi connectivity index (χ0) is 22.7. The van der Waals surface area contributed by atoms with Crippen LogP contribution in [0.25, 0.3) is 10.9 Å². The van der Waals surface area contributed by atoms with Gasteiger partial charge in [0.25, 0.3) is 5.91 Å². The molecule has 1 N–H and O–H groups in total. The molecular weight excluding hydrogens is 408 g/mol. The van der Waals surface area contributed by atoms with Crippen LogP contribution in [-0.4, -0.2) is 46.6 Å². The maximum Gasteiger partial charge on any atom is 0.353 e. The fourth-order valence-corrected chi connectivity index (χ4v) is 3.95. The van der Waals surface area contributed by atoms with Gasteiger partial charge in [0.1, 0.15) is 0 Å². The lowest BCUT2D eigenvalue weighted by molar-refractivity contribution is -0.166. The third-order valence-corrected chi connectivity index (χ3v) is 5.50. The summed E-state index contributed by atoms with van der Waals surface area (Å²) in [5.41, 5.74) is 1.53. The van der Waals surface area contributed by atoms with Gasteiger partial charge in [0.2, 0.25) is 5.60 Å². The first-order valence-electron chi connectivity index (χ1n) is 10.6. The first-order chi connectivity index (χ1) is 15.4. The molecule has 0 bridgehead atoms. The minimum absolute atomic E-state index is 0.118. The predicted octanol–water partition coefficient (Wildman–Crippen LogP) is 3.28. The number of methoxy groups -OCH3 is 1. The summed E-state index contributed by atoms with van der Waals surface area (Å²) in [6.45, 7) is 4.19. The number of carbonyl (C=O) groups excluding carboxylic acids is 2. The van der Waals surface area contributed by atoms with Crippen molar-refractivity contribution in [1.29, 1.82) is 0 Å². The van der Waals surface area contributed by atoms with E-state index in [1.165, 1.54) is 7.11 Å². The summed E-state index contributed by atoms with van der Waals surface area (Å²) in [6, 6.07) is 17.3. The number of ether oxygens (including phenoxy) is 1. The molecule has 1 aliphatic rings. The lowest BCUT2D eigenvalue weighted by Gasteiger charge is -2.23. The SMILES string of the molecule is COC(=O)C1(Cc2ccccc2)CC(CNC(=O)c2nn(C(C)C)c3ccccc23)=NO1. The molecule has 0 fully saturated rings. The highest BCUT2D eigenvalue weighted by Crippen LogP contribution is 2.30. The molecule has 4 rings (SSSR count). The number of carbonyl (C=O) groups is 2. The van der Waals surface area contributed by atoms with E-state index in [0.29, 0.717) is 17.8 Å². The van der Waals surface area contributed by atoms with E-state index in [9.17, 15) is 9.59 Å². The van der Waals surface area contributed by atoms with Gasteiger partial charge in [-0.2, -0.15) is 5.10 Å². The number of nitrogens with zero attached hydrogens (tertiary/aromatic N) is 3. The molecular formula is C24H26N4O4. The molecule has 1 aromatic heterocycles. The van der Waals surface area contributed by atoms with E-state index in [2.05, 4.69) is 15.6 Å². The van der Waals surface area contributed by atoms with Crippen LogP contribution < -0.4 is 5.32 Å². The maximum atomic E-state index is 12.9. The van der Waals surface area contributed by atoms with Crippen LogP contribution in [0.2, 0.25) is 0 Å². The topological polar surface area (TPSA) is 94.8 Å². The summed E-state index contributed by atoms with van der Waals surface area (Å²) in [4.78, 5) is 31.1. The molecule has 1 amide bonds. The maximum absolute atomic E-state index is 12.9. The summed E-state index contributed by atoms with van der Waals surface area (Å²) in [6.07, 6.45) is 0.556. The van der Waals surface area contributed by atoms with Gasteiger partial charge in [-0.1, -0.05) is 53.7 Å². The molecule has 8 heteroatoms. The molecule has 166 valence electrons. The molecule has 2 aromatic carbocycles. The Kier molecular flexibility index (Phi) is 5.94. The van der Waals surface area contributed by atoms with E-state index in [1.54, 1.807) is 0 Å². The lowest BCUT2D eigenvalue weighted by Crippen LogP contribution is -2.43. The second kappa shape index (κ2) is 8.82. The van der Waals surface area contributed by atoms with Crippen molar-refractivity contribution in [3.8, 4) is 0 Å². The Bertz CT molecular complexity index is 1170. The number of amides is 1. The van der Waals surface area contributed by atoms with Crippen molar-refractivity contribution in [1.82, 2.24) is 15.1 Å². The Hall–Kier alpha value is -3.68. The minimum Gasteiger partial charge on any atom is -0.466 e. The number of fused-ring (bicyclic) bond motifs is 1. The normalized spacial score (nSPS) is 17.8. The van der Waals surface area contributed by atoms with Crippen LogP contribution in [0.15, 0.2) is 59.8 Å². The monoisotopic (exact) mass is 434 g/mol. The van der Waals surface area contributed by atoms with E-state index >= 15 is 0 Å². The summed E-state index contributed by atoms with van der Waals surface area (Å²) < 4.78 is 6.82. The van der Waals surface area contributed by atoms with Gasteiger partial charge < -0.3 is 14.9 Å². The van der Waals surface area contributed by atoms with Gasteiger partial charge in [-0.15, -0.1) is 0 Å². The zero-order valence-electron chi connectivity index (χ0n) is 18.4. The quantitative estimate of drug-likeness (QED) is 0.576. The predicted molar refractivity (Wildman–Crippen MR) is 120 cm³/mol. The minimum atomic E-state index is -1.23. The Morgan fingerprint density at radius 3 is 2.59 bits per heavy atom. The van der Waals surface area contributed by atoms with Gasteiger partial charge in [0.15, 0.2) is 5.69 Å². The molecule has 0 aliphatic carbocycles. The third-order valence-electron chi connectivity index (χ3n) is 5.50. The highest BCUT2D eigenvalue weighted by molar-refractivity contribution is 6.06. The Labute approximate surface area is 186 Å². The summed E-state index contributed by atoms with van der Waals surface area (Å²) in [7, 11) is 1.33. The van der Waals surface area contributed by atoms with Crippen LogP contribution in [-0.2, 0) is 20.8 Å². The van der Waals surface area contributed by atoms with E-state index in [1.807, 2.05) is 73.1 Å². The molecule has 1 aliphatic heterocycles. The molecule has 8 nitrogen and oxygen atoms in total. The number of oxime groups is 1. The molecule has 0 saturated heterocycles. The highest BCUT2D eigenvalue weighted by Gasteiger charge is 2.47. The standard InChI is InChI=1S/C24H26N4O4/c1-16(2)28-20-12-8-7-11-19(20)21(26-28)22(29)25-15-18-14-24(32-27-18,23(30)31-3)13-17-9-5-4-6-10-17/h4-12,16H,13-15H2,1-3H3,(H,25,29). The third kappa shape index (κ3) is 4.08. The summed E-state index contributed by atoms with van der Waals surface area (Å²) in [5, 5.41) is 12.3. The second-order valence-electron chi connectivity index (χ2n) is 8.16. The van der Waals surface area contributed by atoms with Crippen LogP contribution in [0.3, 0.4) is 0 Å². The van der Waals surface area contributed by atoms with Crippen molar-refractivity contribution < 1.29 is 19.2 Å². The Morgan fingerprint density at radius 1 is 1.16 bits per heavy atom. The number of rotatable bonds is 7. The number of para-hydroxylation sites is 1. The molecule has 0 radical (unpaired) electrons. The Morgan fingerprint density at radius 2 is 1.88 bits per heavy atom. The van der Waals surface area contributed by atoms with Crippen molar-refractivity contribution in [2.24, 2.45) is 5.16 Å². The fraction of sp³-hybridized carbons (Fsp3) is 0.333. The average molecular weight is 434 g/mol. The fourth-order valence-electron chi connectivity index (χ4n) is 3.95. The van der Waals surface area contributed by atoms with E-state index in [4.69, 9.17) is 9.57 Å². The molecule has 32 heavy (non-hydrogen) atoms. The molecule has 0 spiro atoms. The molecule has 0 saturated carbocycles. The van der Waals surface area contributed by atoms with Crippen molar-refractivity contribution in [3.05, 3.63) is 65.9 Å². The molecule has 1 unspecified atom stereocenters. The number of aromatic nitrogens is 2. The van der Waals surface area contributed by atoms with Gasteiger partial charge >= 0.3 is 5.97 Å². The van der Waals surface area contributed by atoms with Gasteiger partial charge in [-0.25, -0.2) is 4.79 Å². The molecule has 1 atom stereocenters. The average Bonchev–Trinajstić information content (AvgIpc) is 3.40. The summed E-state index contributed by atoms with van der Waals surface area (Å²) >= 11 is 0. The van der Waals surface area contributed by atoms with E-state index < -0.39 is 11.6 Å². The van der Waals surface area contributed by atoms with Crippen LogP contribution in [0.5, 0.6) is 0 Å². The first kappa shape index (κ1) is 21.5. The van der Waals surface area contributed by atoms with Crippen LogP contribution in [0.1, 0.15) is 42.4 Å². The van der Waals surface area contributed by atoms with Gasteiger partial charge in [-0.05, 0) is 25.5 Å². The number of nitrogens with one attached hydrogen (secondary N) is 1. The van der Waals surface area contributed by atoms with Crippen LogP contribution in [0.4, 0.5) is 0 Å². The molecule has 3 aromatic rings. The lowest BCUT2D eigenvalue weighted by atomic mass is 9.89. The highest BCUT2D eigenvalue weighted by atomic mass is 16.7. The number of benzene rings is 2. The zero-order valence-corrected chi connectivity index (χ0v) is 18.4. The second-order valence-corrected chi connectivity index (χ2v) is 8.16. The largest absolute Gasteiger partial charge is 0.466 e. The molecule has 2 heterocycles. The summed E-state index contributed by atoms with van der Waals surface area (Å²) in [5.74, 6) is -0.796. The van der Waals surface area contributed by atoms with Gasteiger partial charge in [0, 0.05) is 24.3 Å². The van der Waals surface area contributed by atoms with Gasteiger partial charge in [0.05, 0.1) is 24.9 Å². The van der Waals surface area contributed by atoms with Crippen molar-refractivity contribution in [2.45, 2.75) is 38.3 Å². The van der Waals surface area contributed by atoms with E-state index in [0.717, 1.165) is 16.5 Å². The van der Waals surface area contributed by atoms with Crippen LogP contribution >= 0.6 is 0 Å². The van der Waals surface area contributed by atoms with Gasteiger partial charge in [-0.3, -0.25) is 9.48 Å². The van der Waals surface area contributed by atoms with E-state index in [-0.39, 0.29) is 24.9 Å². The van der Waals surface area contributed by atoms with Crippen LogP contribution in [0, 0.1) is 0 Å². The van der Waals surface area contributed by atoms with Crippen molar-refractivity contribution >= 4 is 28.5 Å². The first-order valence-corrected chi connectivity index (χ1v) is 10.6. The number of esters is 1. The number of hydrogen-bond acceptors (Lipinski definition) is 6.